The molecule has 4 amide bonds. The number of hydrogen-bond acceptors (Lipinski definition) is 6. The second kappa shape index (κ2) is 9.68. The van der Waals surface area contributed by atoms with Crippen LogP contribution in [-0.4, -0.2) is 72.1 Å². The number of imide groups is 2. The molecule has 186 valence electrons. The molecule has 0 aliphatic carbocycles. The van der Waals surface area contributed by atoms with Crippen molar-refractivity contribution in [3.05, 3.63) is 70.2 Å². The van der Waals surface area contributed by atoms with Crippen molar-refractivity contribution in [1.29, 1.82) is 0 Å². The Bertz CT molecular complexity index is 1210. The van der Waals surface area contributed by atoms with Gasteiger partial charge in [0, 0.05) is 48.9 Å². The van der Waals surface area contributed by atoms with E-state index in [4.69, 9.17) is 11.6 Å². The Morgan fingerprint density at radius 2 is 1.39 bits per heavy atom. The van der Waals surface area contributed by atoms with Gasteiger partial charge in [-0.15, -0.1) is 0 Å². The van der Waals surface area contributed by atoms with Crippen molar-refractivity contribution in [1.82, 2.24) is 20.4 Å². The van der Waals surface area contributed by atoms with Crippen LogP contribution in [0.3, 0.4) is 0 Å². The third-order valence-electron chi connectivity index (χ3n) is 7.44. The fraction of sp³-hybridized carbons (Fsp3) is 0.370. The lowest BCUT2D eigenvalue weighted by atomic mass is 9.70. The number of hydrogen-bond donors (Lipinski definition) is 3. The van der Waals surface area contributed by atoms with E-state index in [9.17, 15) is 19.5 Å². The number of aliphatic hydroxyl groups excluding tert-OH is 1. The number of carbonyl (C=O) groups excluding carboxylic acids is 3. The lowest BCUT2D eigenvalue weighted by Gasteiger charge is -2.56. The topological polar surface area (TPSA) is 102 Å². The van der Waals surface area contributed by atoms with Crippen LogP contribution < -0.4 is 10.6 Å². The highest BCUT2D eigenvalue weighted by atomic mass is 35.5. The van der Waals surface area contributed by atoms with Crippen molar-refractivity contribution in [2.75, 3.05) is 39.3 Å². The van der Waals surface area contributed by atoms with Gasteiger partial charge < -0.3 is 5.11 Å². The van der Waals surface area contributed by atoms with Crippen molar-refractivity contribution < 1.29 is 19.5 Å². The first-order valence-corrected chi connectivity index (χ1v) is 12.4. The van der Waals surface area contributed by atoms with Gasteiger partial charge in [-0.05, 0) is 60.2 Å². The molecule has 3 heterocycles. The third kappa shape index (κ3) is 4.40. The molecular formula is C27H27ClN4O4. The Kier molecular flexibility index (Phi) is 6.58. The van der Waals surface area contributed by atoms with Gasteiger partial charge in [0.1, 0.15) is 0 Å². The molecule has 3 fully saturated rings. The van der Waals surface area contributed by atoms with Crippen LogP contribution in [0.1, 0.15) is 29.5 Å². The number of urea groups is 1. The maximum atomic E-state index is 13.3. The standard InChI is InChI=1S/C27H27ClN4O4/c28-22-9-5-20(6-10-22)2-1-19-3-7-21(8-4-19)27(23(34)29-25(36)30-24(27)35)32-13-11-26(12-14-32)17-31(18-26)15-16-33/h3-10,33H,11-18H2,(H2,29,30,34,35,36). The van der Waals surface area contributed by atoms with Crippen LogP contribution in [-0.2, 0) is 15.1 Å². The number of carbonyl (C=O) groups is 3. The molecule has 3 N–H and O–H groups in total. The van der Waals surface area contributed by atoms with Gasteiger partial charge in [-0.3, -0.25) is 30.0 Å². The number of nitrogens with one attached hydrogen (secondary N) is 2. The number of barbiturate groups is 1. The predicted octanol–water partition coefficient (Wildman–Crippen LogP) is 1.69. The molecule has 5 rings (SSSR count). The Hall–Kier alpha value is -3.22. The monoisotopic (exact) mass is 506 g/mol. The molecule has 3 saturated heterocycles. The molecular weight excluding hydrogens is 480 g/mol. The summed E-state index contributed by atoms with van der Waals surface area (Å²) in [5.41, 5.74) is 0.554. The lowest BCUT2D eigenvalue weighted by Crippen LogP contribution is -2.73. The van der Waals surface area contributed by atoms with E-state index in [1.54, 1.807) is 36.4 Å². The van der Waals surface area contributed by atoms with Gasteiger partial charge in [0.15, 0.2) is 0 Å². The summed E-state index contributed by atoms with van der Waals surface area (Å²) in [7, 11) is 0. The van der Waals surface area contributed by atoms with E-state index in [2.05, 4.69) is 27.4 Å². The Labute approximate surface area is 214 Å². The summed E-state index contributed by atoms with van der Waals surface area (Å²) in [6.45, 7) is 3.70. The van der Waals surface area contributed by atoms with E-state index in [1.165, 1.54) is 0 Å². The average molecular weight is 507 g/mol. The molecule has 2 aromatic rings. The van der Waals surface area contributed by atoms with E-state index in [0.29, 0.717) is 30.2 Å². The summed E-state index contributed by atoms with van der Waals surface area (Å²) in [4.78, 5) is 42.7. The van der Waals surface area contributed by atoms with Gasteiger partial charge in [-0.2, -0.15) is 0 Å². The van der Waals surface area contributed by atoms with Crippen LogP contribution in [0.25, 0.3) is 0 Å². The molecule has 36 heavy (non-hydrogen) atoms. The summed E-state index contributed by atoms with van der Waals surface area (Å²) < 4.78 is 0. The van der Waals surface area contributed by atoms with Crippen LogP contribution >= 0.6 is 11.6 Å². The van der Waals surface area contributed by atoms with Crippen molar-refractivity contribution in [3.8, 4) is 11.8 Å². The lowest BCUT2D eigenvalue weighted by molar-refractivity contribution is -0.153. The first-order valence-electron chi connectivity index (χ1n) is 12.0. The molecule has 0 bridgehead atoms. The normalized spacial score (nSPS) is 21.2. The number of piperidine rings is 1. The average Bonchev–Trinajstić information content (AvgIpc) is 2.84. The van der Waals surface area contributed by atoms with E-state index in [1.807, 2.05) is 17.0 Å². The zero-order valence-corrected chi connectivity index (χ0v) is 20.5. The van der Waals surface area contributed by atoms with Gasteiger partial charge in [0.2, 0.25) is 5.54 Å². The Morgan fingerprint density at radius 3 is 1.92 bits per heavy atom. The molecule has 0 saturated carbocycles. The van der Waals surface area contributed by atoms with Crippen LogP contribution in [0.2, 0.25) is 5.02 Å². The van der Waals surface area contributed by atoms with Gasteiger partial charge in [-0.1, -0.05) is 35.6 Å². The van der Waals surface area contributed by atoms with Crippen molar-refractivity contribution in [2.24, 2.45) is 5.41 Å². The van der Waals surface area contributed by atoms with Gasteiger partial charge in [0.25, 0.3) is 11.8 Å². The number of benzene rings is 2. The fourth-order valence-electron chi connectivity index (χ4n) is 5.56. The fourth-order valence-corrected chi connectivity index (χ4v) is 5.69. The molecule has 0 aromatic heterocycles. The molecule has 3 aliphatic rings. The molecule has 2 aromatic carbocycles. The van der Waals surface area contributed by atoms with Crippen LogP contribution in [0.4, 0.5) is 4.79 Å². The van der Waals surface area contributed by atoms with E-state index in [-0.39, 0.29) is 12.0 Å². The van der Waals surface area contributed by atoms with E-state index < -0.39 is 23.4 Å². The van der Waals surface area contributed by atoms with Gasteiger partial charge in [0.05, 0.1) is 6.61 Å². The molecule has 0 unspecified atom stereocenters. The molecule has 3 aliphatic heterocycles. The molecule has 9 heteroatoms. The third-order valence-corrected chi connectivity index (χ3v) is 7.69. The van der Waals surface area contributed by atoms with Crippen molar-refractivity contribution in [3.63, 3.8) is 0 Å². The summed E-state index contributed by atoms with van der Waals surface area (Å²) >= 11 is 5.93. The molecule has 1 spiro atoms. The van der Waals surface area contributed by atoms with Crippen LogP contribution in [0.5, 0.6) is 0 Å². The summed E-state index contributed by atoms with van der Waals surface area (Å²) in [5, 5.41) is 14.4. The molecule has 0 radical (unpaired) electrons. The zero-order chi connectivity index (χ0) is 25.3. The number of β-amino-alcohol motifs (C(OH)–C–C–N with tert-alkyl or cyclic N) is 1. The second-order valence-corrected chi connectivity index (χ2v) is 10.1. The number of nitrogens with zero attached hydrogens (tertiary/aromatic N) is 2. The summed E-state index contributed by atoms with van der Waals surface area (Å²) in [5.74, 6) is 4.89. The minimum absolute atomic E-state index is 0.139. The highest BCUT2D eigenvalue weighted by Crippen LogP contribution is 2.44. The van der Waals surface area contributed by atoms with E-state index in [0.717, 1.165) is 37.1 Å². The SMILES string of the molecule is O=C1NC(=O)C(c2ccc(C#Cc3ccc(Cl)cc3)cc2)(N2CCC3(CC2)CN(CCO)C3)C(=O)N1. The van der Waals surface area contributed by atoms with Crippen LogP contribution in [0, 0.1) is 17.3 Å². The Balaban J connectivity index is 1.40. The maximum Gasteiger partial charge on any atom is 0.328 e. The quantitative estimate of drug-likeness (QED) is 0.431. The largest absolute Gasteiger partial charge is 0.395 e. The summed E-state index contributed by atoms with van der Waals surface area (Å²) in [6.07, 6.45) is 1.66. The summed E-state index contributed by atoms with van der Waals surface area (Å²) in [6, 6.07) is 13.4. The maximum absolute atomic E-state index is 13.3. The molecule has 0 atom stereocenters. The van der Waals surface area contributed by atoms with E-state index >= 15 is 0 Å². The predicted molar refractivity (Wildman–Crippen MR) is 134 cm³/mol. The number of rotatable bonds is 4. The number of halogens is 1. The van der Waals surface area contributed by atoms with Crippen molar-refractivity contribution >= 4 is 29.4 Å². The molecule has 8 nitrogen and oxygen atoms in total. The number of amides is 4. The van der Waals surface area contributed by atoms with Crippen LogP contribution in [0.15, 0.2) is 48.5 Å². The first kappa shape index (κ1) is 24.5. The van der Waals surface area contributed by atoms with Gasteiger partial charge in [-0.25, -0.2) is 4.79 Å². The number of likely N-dealkylation sites (tertiary alicyclic amines) is 2. The number of aliphatic hydroxyl groups is 1. The smallest absolute Gasteiger partial charge is 0.328 e. The highest BCUT2D eigenvalue weighted by Gasteiger charge is 2.58. The Morgan fingerprint density at radius 1 is 0.861 bits per heavy atom. The minimum Gasteiger partial charge on any atom is -0.395 e. The minimum atomic E-state index is -1.63. The zero-order valence-electron chi connectivity index (χ0n) is 19.7. The van der Waals surface area contributed by atoms with Crippen molar-refractivity contribution in [2.45, 2.75) is 18.4 Å². The highest BCUT2D eigenvalue weighted by molar-refractivity contribution is 6.30. The van der Waals surface area contributed by atoms with Gasteiger partial charge >= 0.3 is 6.03 Å². The second-order valence-electron chi connectivity index (χ2n) is 9.70. The first-order chi connectivity index (χ1) is 17.3.